The van der Waals surface area contributed by atoms with Gasteiger partial charge in [0, 0.05) is 13.7 Å². The summed E-state index contributed by atoms with van der Waals surface area (Å²) in [5.74, 6) is 0. The van der Waals surface area contributed by atoms with Crippen molar-refractivity contribution in [1.29, 1.82) is 0 Å². The summed E-state index contributed by atoms with van der Waals surface area (Å²) in [6.07, 6.45) is -0.110. The number of hydrogen-bond acceptors (Lipinski definition) is 6. The third-order valence-corrected chi connectivity index (χ3v) is 2.46. The number of nitrogens with two attached hydrogens (primary N) is 1. The predicted octanol–water partition coefficient (Wildman–Crippen LogP) is -0.547. The molecular weight excluding hydrogens is 224 g/mol. The summed E-state index contributed by atoms with van der Waals surface area (Å²) in [5.41, 5.74) is 7.21. The Morgan fingerprint density at radius 3 is 2.82 bits per heavy atom. The maximum Gasteiger partial charge on any atom is 0.102 e. The Labute approximate surface area is 101 Å². The van der Waals surface area contributed by atoms with Crippen molar-refractivity contribution in [2.24, 2.45) is 5.73 Å². The molecule has 1 atom stereocenters. The summed E-state index contributed by atoms with van der Waals surface area (Å²) in [5, 5.41) is 16.6. The molecular formula is C10H20N4O3. The molecule has 0 amide bonds. The largest absolute Gasteiger partial charge is 0.394 e. The van der Waals surface area contributed by atoms with Crippen molar-refractivity contribution in [3.05, 3.63) is 11.4 Å². The van der Waals surface area contributed by atoms with Crippen LogP contribution in [0.15, 0.2) is 0 Å². The van der Waals surface area contributed by atoms with Gasteiger partial charge in [-0.1, -0.05) is 5.21 Å². The minimum atomic E-state index is -0.110. The number of hydrogen-bond donors (Lipinski definition) is 2. The maximum absolute atomic E-state index is 8.59. The molecule has 7 nitrogen and oxygen atoms in total. The van der Waals surface area contributed by atoms with Gasteiger partial charge in [0.15, 0.2) is 0 Å². The number of aliphatic hydroxyl groups is 1. The van der Waals surface area contributed by atoms with E-state index in [1.165, 1.54) is 0 Å². The highest BCUT2D eigenvalue weighted by Gasteiger charge is 2.17. The van der Waals surface area contributed by atoms with Crippen LogP contribution in [0.3, 0.4) is 0 Å². The van der Waals surface area contributed by atoms with Crippen molar-refractivity contribution >= 4 is 0 Å². The monoisotopic (exact) mass is 244 g/mol. The quantitative estimate of drug-likeness (QED) is 0.596. The molecule has 0 bridgehead atoms. The van der Waals surface area contributed by atoms with Gasteiger partial charge >= 0.3 is 0 Å². The topological polar surface area (TPSA) is 95.4 Å². The molecule has 0 radical (unpaired) electrons. The molecule has 0 aliphatic heterocycles. The van der Waals surface area contributed by atoms with Crippen molar-refractivity contribution in [3.63, 3.8) is 0 Å². The van der Waals surface area contributed by atoms with Crippen LogP contribution in [-0.4, -0.2) is 47.0 Å². The molecule has 3 N–H and O–H groups in total. The molecule has 7 heteroatoms. The minimum Gasteiger partial charge on any atom is -0.394 e. The fraction of sp³-hybridized carbons (Fsp3) is 0.800. The lowest BCUT2D eigenvalue weighted by atomic mass is 10.2. The molecule has 1 heterocycles. The lowest BCUT2D eigenvalue weighted by Crippen LogP contribution is -2.15. The second-order valence-corrected chi connectivity index (χ2v) is 3.56. The van der Waals surface area contributed by atoms with Gasteiger partial charge in [-0.3, -0.25) is 0 Å². The molecule has 1 aromatic heterocycles. The van der Waals surface area contributed by atoms with Gasteiger partial charge in [-0.05, 0) is 6.92 Å². The van der Waals surface area contributed by atoms with Crippen LogP contribution in [0.25, 0.3) is 0 Å². The van der Waals surface area contributed by atoms with Crippen LogP contribution in [0.1, 0.15) is 24.4 Å². The van der Waals surface area contributed by atoms with Crippen LogP contribution in [0, 0.1) is 0 Å². The van der Waals surface area contributed by atoms with Gasteiger partial charge in [0.2, 0.25) is 0 Å². The zero-order chi connectivity index (χ0) is 12.7. The van der Waals surface area contributed by atoms with E-state index in [0.717, 1.165) is 11.4 Å². The molecule has 1 rings (SSSR count). The van der Waals surface area contributed by atoms with Crippen LogP contribution >= 0.6 is 0 Å². The van der Waals surface area contributed by atoms with Gasteiger partial charge < -0.3 is 20.3 Å². The predicted molar refractivity (Wildman–Crippen MR) is 61.2 cm³/mol. The van der Waals surface area contributed by atoms with Crippen molar-refractivity contribution < 1.29 is 14.6 Å². The fourth-order valence-corrected chi connectivity index (χ4v) is 1.54. The van der Waals surface area contributed by atoms with Crippen LogP contribution < -0.4 is 5.73 Å². The lowest BCUT2D eigenvalue weighted by Gasteiger charge is -2.13. The van der Waals surface area contributed by atoms with Gasteiger partial charge in [0.05, 0.1) is 38.2 Å². The first-order valence-electron chi connectivity index (χ1n) is 5.58. The Morgan fingerprint density at radius 1 is 1.47 bits per heavy atom. The van der Waals surface area contributed by atoms with Crippen molar-refractivity contribution in [1.82, 2.24) is 15.0 Å². The van der Waals surface area contributed by atoms with Crippen molar-refractivity contribution in [2.45, 2.75) is 26.1 Å². The number of aliphatic hydroxyl groups excluding tert-OH is 1. The Balaban J connectivity index is 2.67. The average molecular weight is 244 g/mol. The number of rotatable bonds is 8. The second kappa shape index (κ2) is 7.33. The molecule has 0 fully saturated rings. The Morgan fingerprint density at radius 2 is 2.24 bits per heavy atom. The molecule has 1 unspecified atom stereocenters. The first kappa shape index (κ1) is 14.0. The fourth-order valence-electron chi connectivity index (χ4n) is 1.54. The number of methoxy groups -OCH3 is 1. The van der Waals surface area contributed by atoms with E-state index in [9.17, 15) is 0 Å². The van der Waals surface area contributed by atoms with E-state index in [1.807, 2.05) is 6.92 Å². The van der Waals surface area contributed by atoms with E-state index < -0.39 is 0 Å². The molecule has 98 valence electrons. The smallest absolute Gasteiger partial charge is 0.102 e. The van der Waals surface area contributed by atoms with Crippen molar-refractivity contribution in [2.75, 3.05) is 26.9 Å². The van der Waals surface area contributed by atoms with Gasteiger partial charge in [-0.25, -0.2) is 4.68 Å². The standard InChI is InChI=1S/C10H20N4O3/c1-8(16-2)10-9(7-11)12-13-14(10)3-5-17-6-4-15/h8,15H,3-7,11H2,1-2H3. The molecule has 17 heavy (non-hydrogen) atoms. The molecule has 0 saturated heterocycles. The van der Waals surface area contributed by atoms with Crippen LogP contribution in [-0.2, 0) is 22.6 Å². The molecule has 0 saturated carbocycles. The van der Waals surface area contributed by atoms with Crippen LogP contribution in [0.2, 0.25) is 0 Å². The third-order valence-electron chi connectivity index (χ3n) is 2.46. The number of ether oxygens (including phenoxy) is 2. The highest BCUT2D eigenvalue weighted by molar-refractivity contribution is 5.12. The summed E-state index contributed by atoms with van der Waals surface area (Å²) in [4.78, 5) is 0. The maximum atomic E-state index is 8.59. The molecule has 0 spiro atoms. The van der Waals surface area contributed by atoms with Crippen LogP contribution in [0.5, 0.6) is 0 Å². The summed E-state index contributed by atoms with van der Waals surface area (Å²) >= 11 is 0. The van der Waals surface area contributed by atoms with Gasteiger partial charge in [0.1, 0.15) is 5.69 Å². The van der Waals surface area contributed by atoms with Crippen LogP contribution in [0.4, 0.5) is 0 Å². The molecule has 0 aliphatic carbocycles. The first-order valence-corrected chi connectivity index (χ1v) is 5.58. The van der Waals surface area contributed by atoms with Gasteiger partial charge in [-0.2, -0.15) is 0 Å². The zero-order valence-corrected chi connectivity index (χ0v) is 10.3. The van der Waals surface area contributed by atoms with E-state index in [1.54, 1.807) is 11.8 Å². The summed E-state index contributed by atoms with van der Waals surface area (Å²) in [6, 6.07) is 0. The number of aromatic nitrogens is 3. The van der Waals surface area contributed by atoms with E-state index in [2.05, 4.69) is 10.3 Å². The Bertz CT molecular complexity index is 329. The summed E-state index contributed by atoms with van der Waals surface area (Å²) in [6.45, 7) is 3.64. The SMILES string of the molecule is COC(C)c1c(CN)nnn1CCOCCO. The average Bonchev–Trinajstić information content (AvgIpc) is 2.76. The van der Waals surface area contributed by atoms with Gasteiger partial charge in [0.25, 0.3) is 0 Å². The molecule has 0 aliphatic rings. The normalized spacial score (nSPS) is 12.9. The minimum absolute atomic E-state index is 0.0206. The Hall–Kier alpha value is -1.02. The highest BCUT2D eigenvalue weighted by atomic mass is 16.5. The molecule has 1 aromatic rings. The van der Waals surface area contributed by atoms with E-state index in [4.69, 9.17) is 20.3 Å². The second-order valence-electron chi connectivity index (χ2n) is 3.56. The first-order chi connectivity index (χ1) is 8.24. The Kier molecular flexibility index (Phi) is 6.06. The lowest BCUT2D eigenvalue weighted by molar-refractivity contribution is 0.0792. The van der Waals surface area contributed by atoms with Crippen molar-refractivity contribution in [3.8, 4) is 0 Å². The highest BCUT2D eigenvalue weighted by Crippen LogP contribution is 2.18. The summed E-state index contributed by atoms with van der Waals surface area (Å²) < 4.78 is 12.2. The number of nitrogens with zero attached hydrogens (tertiary/aromatic N) is 3. The third kappa shape index (κ3) is 3.74. The van der Waals surface area contributed by atoms with E-state index in [0.29, 0.717) is 26.3 Å². The molecule has 0 aromatic carbocycles. The van der Waals surface area contributed by atoms with Gasteiger partial charge in [-0.15, -0.1) is 5.10 Å². The van der Waals surface area contributed by atoms with E-state index in [-0.39, 0.29) is 12.7 Å². The van der Waals surface area contributed by atoms with E-state index >= 15 is 0 Å². The summed E-state index contributed by atoms with van der Waals surface area (Å²) in [7, 11) is 1.63. The zero-order valence-electron chi connectivity index (χ0n) is 10.3.